The number of benzene rings is 3. The Hall–Kier alpha value is -4.13. The van der Waals surface area contributed by atoms with Gasteiger partial charge in [-0.1, -0.05) is 39.0 Å². The van der Waals surface area contributed by atoms with Crippen LogP contribution in [0.25, 0.3) is 5.76 Å². The molecule has 1 heterocycles. The van der Waals surface area contributed by atoms with Gasteiger partial charge in [0.25, 0.3) is 11.7 Å². The molecule has 0 aliphatic carbocycles. The van der Waals surface area contributed by atoms with E-state index >= 15 is 0 Å². The van der Waals surface area contributed by atoms with Crippen LogP contribution in [-0.4, -0.2) is 30.5 Å². The summed E-state index contributed by atoms with van der Waals surface area (Å²) in [5.41, 5.74) is 1.72. The second kappa shape index (κ2) is 10.1. The lowest BCUT2D eigenvalue weighted by atomic mass is 9.84. The summed E-state index contributed by atoms with van der Waals surface area (Å²) in [6.07, 6.45) is 0. The molecule has 1 N–H and O–H groups in total. The highest BCUT2D eigenvalue weighted by Gasteiger charge is 2.47. The molecular formula is C30H30FNO5. The molecule has 37 heavy (non-hydrogen) atoms. The molecule has 1 amide bonds. The molecule has 3 aromatic rings. The summed E-state index contributed by atoms with van der Waals surface area (Å²) < 4.78 is 24.9. The first-order valence-electron chi connectivity index (χ1n) is 12.0. The largest absolute Gasteiger partial charge is 0.507 e. The minimum absolute atomic E-state index is 0.0801. The van der Waals surface area contributed by atoms with Gasteiger partial charge in [-0.15, -0.1) is 0 Å². The average molecular weight is 504 g/mol. The third kappa shape index (κ3) is 4.94. The predicted molar refractivity (Wildman–Crippen MR) is 140 cm³/mol. The molecule has 0 bridgehead atoms. The molecule has 1 unspecified atom stereocenters. The van der Waals surface area contributed by atoms with Crippen LogP contribution in [-0.2, 0) is 15.0 Å². The maximum Gasteiger partial charge on any atom is 0.300 e. The fourth-order valence-corrected chi connectivity index (χ4v) is 4.52. The Morgan fingerprint density at radius 3 is 2.35 bits per heavy atom. The average Bonchev–Trinajstić information content (AvgIpc) is 3.14. The van der Waals surface area contributed by atoms with Crippen LogP contribution in [0.2, 0.25) is 0 Å². The van der Waals surface area contributed by atoms with Gasteiger partial charge in [-0.25, -0.2) is 4.39 Å². The molecule has 1 aliphatic rings. The molecule has 4 rings (SSSR count). The number of hydrogen-bond donors (Lipinski definition) is 1. The predicted octanol–water partition coefficient (Wildman–Crippen LogP) is 6.16. The number of methoxy groups -OCH3 is 1. The Morgan fingerprint density at radius 2 is 1.73 bits per heavy atom. The van der Waals surface area contributed by atoms with Gasteiger partial charge in [0.15, 0.2) is 0 Å². The number of nitrogens with zero attached hydrogens (tertiary/aromatic N) is 1. The van der Waals surface area contributed by atoms with Crippen molar-refractivity contribution in [1.82, 2.24) is 0 Å². The van der Waals surface area contributed by atoms with Gasteiger partial charge in [0.1, 0.15) is 23.1 Å². The molecular weight excluding hydrogens is 473 g/mol. The highest BCUT2D eigenvalue weighted by Crippen LogP contribution is 2.43. The Bertz CT molecular complexity index is 1370. The number of amides is 1. The summed E-state index contributed by atoms with van der Waals surface area (Å²) in [6, 6.07) is 16.5. The first kappa shape index (κ1) is 25.9. The molecule has 0 aromatic heterocycles. The number of ketones is 1. The van der Waals surface area contributed by atoms with E-state index in [1.807, 2.05) is 27.7 Å². The molecule has 192 valence electrons. The van der Waals surface area contributed by atoms with E-state index in [0.29, 0.717) is 34.9 Å². The number of Topliss-reactive ketones (excluding diaryl/α,β-unsaturated/α-hetero) is 1. The lowest BCUT2D eigenvalue weighted by Gasteiger charge is -2.26. The Balaban J connectivity index is 1.94. The highest BCUT2D eigenvalue weighted by molar-refractivity contribution is 6.51. The number of aliphatic hydroxyl groups is 1. The van der Waals surface area contributed by atoms with Crippen LogP contribution in [0.5, 0.6) is 11.5 Å². The number of halogens is 1. The van der Waals surface area contributed by atoms with E-state index in [1.54, 1.807) is 42.5 Å². The van der Waals surface area contributed by atoms with Crippen molar-refractivity contribution >= 4 is 23.1 Å². The van der Waals surface area contributed by atoms with Gasteiger partial charge < -0.3 is 14.6 Å². The minimum atomic E-state index is -0.975. The van der Waals surface area contributed by atoms with Gasteiger partial charge in [-0.05, 0) is 60.4 Å². The van der Waals surface area contributed by atoms with Crippen molar-refractivity contribution in [3.05, 3.63) is 94.8 Å². The van der Waals surface area contributed by atoms with E-state index in [-0.39, 0.29) is 16.7 Å². The van der Waals surface area contributed by atoms with Crippen LogP contribution in [0.15, 0.2) is 72.3 Å². The van der Waals surface area contributed by atoms with E-state index in [2.05, 4.69) is 0 Å². The quantitative estimate of drug-likeness (QED) is 0.248. The summed E-state index contributed by atoms with van der Waals surface area (Å²) in [6.45, 7) is 8.44. The monoisotopic (exact) mass is 503 g/mol. The van der Waals surface area contributed by atoms with E-state index in [1.165, 1.54) is 36.3 Å². The van der Waals surface area contributed by atoms with Gasteiger partial charge >= 0.3 is 0 Å². The number of rotatable bonds is 6. The lowest BCUT2D eigenvalue weighted by Crippen LogP contribution is -2.29. The number of anilines is 1. The van der Waals surface area contributed by atoms with Crippen molar-refractivity contribution in [3.63, 3.8) is 0 Å². The number of ether oxygens (including phenoxy) is 2. The second-order valence-corrected chi connectivity index (χ2v) is 9.82. The Morgan fingerprint density at radius 1 is 1.03 bits per heavy atom. The fraction of sp³-hybridized carbons (Fsp3) is 0.267. The minimum Gasteiger partial charge on any atom is -0.507 e. The first-order chi connectivity index (χ1) is 17.6. The van der Waals surface area contributed by atoms with Gasteiger partial charge in [-0.2, -0.15) is 0 Å². The lowest BCUT2D eigenvalue weighted by molar-refractivity contribution is -0.132. The molecule has 1 aliphatic heterocycles. The maximum absolute atomic E-state index is 13.8. The molecule has 7 heteroatoms. The number of hydrogen-bond acceptors (Lipinski definition) is 5. The maximum atomic E-state index is 13.8. The molecule has 1 atom stereocenters. The zero-order valence-electron chi connectivity index (χ0n) is 21.5. The van der Waals surface area contributed by atoms with Crippen molar-refractivity contribution in [3.8, 4) is 11.5 Å². The molecule has 6 nitrogen and oxygen atoms in total. The molecule has 1 fully saturated rings. The summed E-state index contributed by atoms with van der Waals surface area (Å²) >= 11 is 0. The van der Waals surface area contributed by atoms with Crippen molar-refractivity contribution < 1.29 is 28.6 Å². The molecule has 3 aromatic carbocycles. The van der Waals surface area contributed by atoms with Crippen molar-refractivity contribution in [2.45, 2.75) is 39.2 Å². The van der Waals surface area contributed by atoms with Crippen molar-refractivity contribution in [2.75, 3.05) is 18.6 Å². The van der Waals surface area contributed by atoms with Crippen LogP contribution in [0.4, 0.5) is 10.1 Å². The summed E-state index contributed by atoms with van der Waals surface area (Å²) in [7, 11) is 1.50. The van der Waals surface area contributed by atoms with E-state index in [0.717, 1.165) is 5.56 Å². The van der Waals surface area contributed by atoms with Gasteiger partial charge in [0, 0.05) is 22.9 Å². The van der Waals surface area contributed by atoms with Gasteiger partial charge in [-0.3, -0.25) is 14.5 Å². The molecule has 0 saturated carbocycles. The topological polar surface area (TPSA) is 76.1 Å². The standard InChI is InChI=1S/C30H30FNO5/c1-6-37-24-15-12-19(16-23(24)30(2,3)4)27(33)25-26(18-10-13-20(31)14-11-18)32(29(35)28(25)34)21-8-7-9-22(17-21)36-5/h7-17,26,33H,6H2,1-5H3/b27-25-. The molecule has 0 radical (unpaired) electrons. The number of carbonyl (C=O) groups is 2. The van der Waals surface area contributed by atoms with Crippen molar-refractivity contribution in [1.29, 1.82) is 0 Å². The first-order valence-corrected chi connectivity index (χ1v) is 12.0. The Kier molecular flexibility index (Phi) is 7.07. The number of carbonyl (C=O) groups excluding carboxylic acids is 2. The third-order valence-electron chi connectivity index (χ3n) is 6.32. The zero-order chi connectivity index (χ0) is 26.9. The van der Waals surface area contributed by atoms with Crippen LogP contribution in [0.3, 0.4) is 0 Å². The van der Waals surface area contributed by atoms with Crippen LogP contribution >= 0.6 is 0 Å². The fourth-order valence-electron chi connectivity index (χ4n) is 4.52. The van der Waals surface area contributed by atoms with Gasteiger partial charge in [0.2, 0.25) is 0 Å². The summed E-state index contributed by atoms with van der Waals surface area (Å²) in [5, 5.41) is 11.5. The highest BCUT2D eigenvalue weighted by atomic mass is 19.1. The number of aliphatic hydroxyl groups excluding tert-OH is 1. The van der Waals surface area contributed by atoms with Gasteiger partial charge in [0.05, 0.1) is 25.3 Å². The van der Waals surface area contributed by atoms with Crippen LogP contribution < -0.4 is 14.4 Å². The second-order valence-electron chi connectivity index (χ2n) is 9.82. The smallest absolute Gasteiger partial charge is 0.300 e. The van der Waals surface area contributed by atoms with E-state index in [9.17, 15) is 19.1 Å². The zero-order valence-corrected chi connectivity index (χ0v) is 21.5. The van der Waals surface area contributed by atoms with Crippen LogP contribution in [0.1, 0.15) is 50.4 Å². The van der Waals surface area contributed by atoms with Crippen molar-refractivity contribution in [2.24, 2.45) is 0 Å². The third-order valence-corrected chi connectivity index (χ3v) is 6.32. The SMILES string of the molecule is CCOc1ccc(/C(O)=C2/C(=O)C(=O)N(c3cccc(OC)c3)C2c2ccc(F)cc2)cc1C(C)(C)C. The molecule has 0 spiro atoms. The summed E-state index contributed by atoms with van der Waals surface area (Å²) in [4.78, 5) is 28.1. The van der Waals surface area contributed by atoms with E-state index < -0.39 is 23.5 Å². The van der Waals surface area contributed by atoms with E-state index in [4.69, 9.17) is 9.47 Å². The normalized spacial score (nSPS) is 17.2. The van der Waals surface area contributed by atoms with Crippen LogP contribution in [0, 0.1) is 5.82 Å². The summed E-state index contributed by atoms with van der Waals surface area (Å²) in [5.74, 6) is -1.22. The Labute approximate surface area is 215 Å². The molecule has 1 saturated heterocycles.